The van der Waals surface area contributed by atoms with Crippen LogP contribution in [0.3, 0.4) is 0 Å². The summed E-state index contributed by atoms with van der Waals surface area (Å²) in [5, 5.41) is 26.5. The van der Waals surface area contributed by atoms with Crippen LogP contribution in [0.15, 0.2) is 0 Å². The fourth-order valence-corrected chi connectivity index (χ4v) is 0.829. The topological polar surface area (TPSA) is 87.0 Å². The van der Waals surface area contributed by atoms with Crippen molar-refractivity contribution in [1.29, 1.82) is 0 Å². The quantitative estimate of drug-likeness (QED) is 0.547. The molecule has 0 aromatic heterocycles. The number of carbonyl (C=O) groups excluding carboxylic acids is 1. The van der Waals surface area contributed by atoms with Gasteiger partial charge in [0.2, 0.25) is 0 Å². The summed E-state index contributed by atoms with van der Waals surface area (Å²) in [5.41, 5.74) is -1.34. The van der Waals surface area contributed by atoms with Crippen molar-refractivity contribution >= 4 is 5.97 Å². The first-order chi connectivity index (χ1) is 7.31. The lowest BCUT2D eigenvalue weighted by atomic mass is 9.88. The molecule has 8 heteroatoms. The van der Waals surface area contributed by atoms with Crippen molar-refractivity contribution < 1.29 is 38.0 Å². The average molecular weight is 246 g/mol. The zero-order chi connectivity index (χ0) is 12.8. The molecule has 0 aliphatic carbocycles. The number of alkyl halides is 3. The number of hydrogen-bond acceptors (Lipinski definition) is 5. The Hall–Kier alpha value is -0.860. The zero-order valence-corrected chi connectivity index (χ0v) is 8.33. The van der Waals surface area contributed by atoms with E-state index in [9.17, 15) is 18.0 Å². The van der Waals surface area contributed by atoms with Gasteiger partial charge in [-0.1, -0.05) is 0 Å². The summed E-state index contributed by atoms with van der Waals surface area (Å²) in [6.45, 7) is -2.50. The van der Waals surface area contributed by atoms with Gasteiger partial charge in [0, 0.05) is 5.41 Å². The molecule has 3 N–H and O–H groups in total. The third-order valence-corrected chi connectivity index (χ3v) is 2.10. The van der Waals surface area contributed by atoms with Gasteiger partial charge in [0.15, 0.2) is 0 Å². The highest BCUT2D eigenvalue weighted by Crippen LogP contribution is 2.21. The molecule has 0 unspecified atom stereocenters. The molecule has 0 saturated heterocycles. The van der Waals surface area contributed by atoms with Gasteiger partial charge in [-0.05, 0) is 6.42 Å². The summed E-state index contributed by atoms with van der Waals surface area (Å²) in [6, 6.07) is 0. The van der Waals surface area contributed by atoms with Crippen molar-refractivity contribution in [2.45, 2.75) is 12.6 Å². The Balaban J connectivity index is 4.11. The molecule has 0 radical (unpaired) electrons. The minimum atomic E-state index is -5.07. The van der Waals surface area contributed by atoms with E-state index < -0.39 is 44.0 Å². The van der Waals surface area contributed by atoms with Crippen LogP contribution in [-0.4, -0.2) is 53.9 Å². The highest BCUT2D eigenvalue weighted by Gasteiger charge is 2.41. The van der Waals surface area contributed by atoms with Crippen molar-refractivity contribution in [1.82, 2.24) is 0 Å². The van der Waals surface area contributed by atoms with Crippen LogP contribution in [0.2, 0.25) is 0 Å². The first-order valence-electron chi connectivity index (χ1n) is 4.38. The van der Waals surface area contributed by atoms with Gasteiger partial charge in [0.05, 0.1) is 26.4 Å². The second-order valence-corrected chi connectivity index (χ2v) is 3.36. The monoisotopic (exact) mass is 246 g/mol. The van der Waals surface area contributed by atoms with E-state index in [-0.39, 0.29) is 6.42 Å². The van der Waals surface area contributed by atoms with E-state index in [1.54, 1.807) is 0 Å². The Morgan fingerprint density at radius 2 is 1.50 bits per heavy atom. The van der Waals surface area contributed by atoms with Crippen LogP contribution in [0.5, 0.6) is 0 Å². The number of ether oxygens (including phenoxy) is 1. The third kappa shape index (κ3) is 4.33. The number of hydrogen-bond donors (Lipinski definition) is 3. The number of halogens is 3. The minimum absolute atomic E-state index is 0.266. The molecule has 0 spiro atoms. The number of rotatable bonds is 6. The van der Waals surface area contributed by atoms with Gasteiger partial charge < -0.3 is 20.1 Å². The predicted molar refractivity (Wildman–Crippen MR) is 45.3 cm³/mol. The summed E-state index contributed by atoms with van der Waals surface area (Å²) in [6.07, 6.45) is -5.33. The molecule has 0 bridgehead atoms. The van der Waals surface area contributed by atoms with E-state index in [4.69, 9.17) is 15.3 Å². The normalized spacial score (nSPS) is 12.6. The third-order valence-electron chi connectivity index (χ3n) is 2.10. The fraction of sp³-hybridized carbons (Fsp3) is 0.875. The molecule has 0 saturated carbocycles. The van der Waals surface area contributed by atoms with Gasteiger partial charge in [-0.3, -0.25) is 0 Å². The Kier molecular flexibility index (Phi) is 5.70. The molecule has 0 rings (SSSR count). The van der Waals surface area contributed by atoms with Gasteiger partial charge in [0.25, 0.3) is 0 Å². The highest BCUT2D eigenvalue weighted by molar-refractivity contribution is 5.75. The van der Waals surface area contributed by atoms with E-state index in [1.807, 2.05) is 0 Å². The molecule has 0 aromatic rings. The summed E-state index contributed by atoms with van der Waals surface area (Å²) in [5.74, 6) is -2.34. The van der Waals surface area contributed by atoms with Crippen LogP contribution in [0.25, 0.3) is 0 Å². The maximum atomic E-state index is 11.7. The smallest absolute Gasteiger partial charge is 0.459 e. The Labute approximate surface area is 89.4 Å². The molecular weight excluding hydrogens is 233 g/mol. The van der Waals surface area contributed by atoms with E-state index in [2.05, 4.69) is 4.74 Å². The second-order valence-electron chi connectivity index (χ2n) is 3.36. The van der Waals surface area contributed by atoms with E-state index in [0.29, 0.717) is 0 Å². The first-order valence-corrected chi connectivity index (χ1v) is 4.38. The molecule has 16 heavy (non-hydrogen) atoms. The van der Waals surface area contributed by atoms with Crippen LogP contribution in [0.4, 0.5) is 13.2 Å². The summed E-state index contributed by atoms with van der Waals surface area (Å²) < 4.78 is 38.9. The molecule has 0 heterocycles. The average Bonchev–Trinajstić information content (AvgIpc) is 2.23. The largest absolute Gasteiger partial charge is 0.490 e. The van der Waals surface area contributed by atoms with Crippen molar-refractivity contribution in [2.75, 3.05) is 26.4 Å². The van der Waals surface area contributed by atoms with Crippen molar-refractivity contribution in [2.24, 2.45) is 5.41 Å². The minimum Gasteiger partial charge on any atom is -0.459 e. The highest BCUT2D eigenvalue weighted by atomic mass is 19.4. The molecule has 0 atom stereocenters. The Bertz CT molecular complexity index is 216. The fourth-order valence-electron chi connectivity index (χ4n) is 0.829. The molecule has 0 aliphatic heterocycles. The van der Waals surface area contributed by atoms with Gasteiger partial charge in [-0.2, -0.15) is 13.2 Å². The van der Waals surface area contributed by atoms with Crippen molar-refractivity contribution in [3.05, 3.63) is 0 Å². The van der Waals surface area contributed by atoms with Crippen molar-refractivity contribution in [3.8, 4) is 0 Å². The SMILES string of the molecule is O=C(OCCC(CO)(CO)CO)C(F)(F)F. The maximum absolute atomic E-state index is 11.7. The van der Waals surface area contributed by atoms with Crippen LogP contribution in [0, 0.1) is 5.41 Å². The lowest BCUT2D eigenvalue weighted by molar-refractivity contribution is -0.200. The molecule has 0 amide bonds. The lowest BCUT2D eigenvalue weighted by Crippen LogP contribution is -2.36. The molecule has 96 valence electrons. The van der Waals surface area contributed by atoms with E-state index in [0.717, 1.165) is 0 Å². The number of aliphatic hydroxyl groups is 3. The summed E-state index contributed by atoms with van der Waals surface area (Å²) >= 11 is 0. The molecule has 0 aliphatic rings. The Morgan fingerprint density at radius 3 is 1.81 bits per heavy atom. The summed E-state index contributed by atoms with van der Waals surface area (Å²) in [4.78, 5) is 10.3. The zero-order valence-electron chi connectivity index (χ0n) is 8.33. The van der Waals surface area contributed by atoms with Crippen LogP contribution < -0.4 is 0 Å². The van der Waals surface area contributed by atoms with Crippen LogP contribution in [0.1, 0.15) is 6.42 Å². The maximum Gasteiger partial charge on any atom is 0.490 e. The number of aliphatic hydroxyl groups excluding tert-OH is 3. The molecule has 0 aromatic carbocycles. The first kappa shape index (κ1) is 15.1. The van der Waals surface area contributed by atoms with Gasteiger partial charge in [0.1, 0.15) is 0 Å². The second kappa shape index (κ2) is 6.02. The van der Waals surface area contributed by atoms with Gasteiger partial charge in [-0.15, -0.1) is 0 Å². The molecule has 5 nitrogen and oxygen atoms in total. The standard InChI is InChI=1S/C8H13F3O5/c9-8(10,11)6(15)16-2-1-7(3-12,4-13)5-14/h12-14H,1-5H2. The molecule has 0 fully saturated rings. The lowest BCUT2D eigenvalue weighted by Gasteiger charge is -2.26. The predicted octanol–water partition coefficient (Wildman–Crippen LogP) is -0.555. The van der Waals surface area contributed by atoms with E-state index in [1.165, 1.54) is 0 Å². The number of carbonyl (C=O) groups is 1. The van der Waals surface area contributed by atoms with E-state index >= 15 is 0 Å². The van der Waals surface area contributed by atoms with Gasteiger partial charge >= 0.3 is 12.1 Å². The summed E-state index contributed by atoms with van der Waals surface area (Å²) in [7, 11) is 0. The number of esters is 1. The van der Waals surface area contributed by atoms with Crippen LogP contribution in [-0.2, 0) is 9.53 Å². The van der Waals surface area contributed by atoms with Crippen LogP contribution >= 0.6 is 0 Å². The molecular formula is C8H13F3O5. The Morgan fingerprint density at radius 1 is 1.06 bits per heavy atom. The van der Waals surface area contributed by atoms with Gasteiger partial charge in [-0.25, -0.2) is 4.79 Å². The van der Waals surface area contributed by atoms with Crippen molar-refractivity contribution in [3.63, 3.8) is 0 Å².